The highest BCUT2D eigenvalue weighted by atomic mass is 28.3. The van der Waals surface area contributed by atoms with Gasteiger partial charge in [0.25, 0.3) is 5.91 Å². The molecular formula is C20H30N4O4Si. The minimum absolute atomic E-state index is 0.136. The van der Waals surface area contributed by atoms with E-state index in [4.69, 9.17) is 14.8 Å². The maximum atomic E-state index is 12.8. The molecule has 2 aromatic heterocycles. The van der Waals surface area contributed by atoms with Gasteiger partial charge in [0.1, 0.15) is 12.2 Å². The van der Waals surface area contributed by atoms with Gasteiger partial charge in [-0.25, -0.2) is 9.97 Å². The van der Waals surface area contributed by atoms with Crippen LogP contribution in [0, 0.1) is 0 Å². The van der Waals surface area contributed by atoms with Crippen molar-refractivity contribution in [2.24, 2.45) is 0 Å². The molecule has 0 bridgehead atoms. The number of nitrogens with zero attached hydrogens (tertiary/aromatic N) is 3. The summed E-state index contributed by atoms with van der Waals surface area (Å²) < 4.78 is 7.65. The van der Waals surface area contributed by atoms with Crippen LogP contribution >= 0.6 is 0 Å². The first kappa shape index (κ1) is 21.4. The number of amides is 1. The standard InChI is InChI=1S/C20H30N4O4Si/c1-13(9-17(25)26)22-20(27)15-11-24(12-28-7-8-29(2,3)4)19-18(15)23-16(10-21-19)14-5-6-14/h10-11,13-14H,5-9,12H2,1-4H3,(H,22,27)(H,25,26). The molecule has 1 atom stereocenters. The Morgan fingerprint density at radius 2 is 2.10 bits per heavy atom. The Hall–Kier alpha value is -2.26. The molecule has 3 rings (SSSR count). The summed E-state index contributed by atoms with van der Waals surface area (Å²) in [6.45, 7) is 9.54. The van der Waals surface area contributed by atoms with Crippen LogP contribution in [0.2, 0.25) is 25.7 Å². The van der Waals surface area contributed by atoms with Crippen LogP contribution in [-0.2, 0) is 16.3 Å². The third-order valence-corrected chi connectivity index (χ3v) is 6.61. The number of carbonyl (C=O) groups excluding carboxylic acids is 1. The number of fused-ring (bicyclic) bond motifs is 1. The van der Waals surface area contributed by atoms with Gasteiger partial charge in [-0.05, 0) is 25.8 Å². The topological polar surface area (TPSA) is 106 Å². The molecule has 1 aliphatic rings. The molecule has 0 aliphatic heterocycles. The average Bonchev–Trinajstić information content (AvgIpc) is 3.39. The van der Waals surface area contributed by atoms with Crippen LogP contribution in [0.15, 0.2) is 12.4 Å². The van der Waals surface area contributed by atoms with E-state index in [0.717, 1.165) is 24.6 Å². The van der Waals surface area contributed by atoms with Crippen LogP contribution in [0.4, 0.5) is 0 Å². The summed E-state index contributed by atoms with van der Waals surface area (Å²) in [4.78, 5) is 33.0. The quantitative estimate of drug-likeness (QED) is 0.453. The van der Waals surface area contributed by atoms with Gasteiger partial charge in [0.05, 0.1) is 23.9 Å². The number of carboxylic acids is 1. The zero-order valence-corrected chi connectivity index (χ0v) is 18.6. The predicted molar refractivity (Wildman–Crippen MR) is 113 cm³/mol. The molecular weight excluding hydrogens is 388 g/mol. The van der Waals surface area contributed by atoms with Crippen LogP contribution in [0.1, 0.15) is 48.2 Å². The molecule has 2 N–H and O–H groups in total. The Morgan fingerprint density at radius 3 is 2.72 bits per heavy atom. The van der Waals surface area contributed by atoms with Crippen LogP contribution in [0.3, 0.4) is 0 Å². The van der Waals surface area contributed by atoms with E-state index in [1.165, 1.54) is 0 Å². The zero-order chi connectivity index (χ0) is 21.2. The maximum absolute atomic E-state index is 12.8. The number of carbonyl (C=O) groups is 2. The smallest absolute Gasteiger partial charge is 0.305 e. The summed E-state index contributed by atoms with van der Waals surface area (Å²) >= 11 is 0. The second-order valence-corrected chi connectivity index (χ2v) is 14.7. The number of aromatic nitrogens is 3. The van der Waals surface area contributed by atoms with E-state index in [0.29, 0.717) is 36.0 Å². The summed E-state index contributed by atoms with van der Waals surface area (Å²) in [5.41, 5.74) is 2.46. The Labute approximate surface area is 171 Å². The average molecular weight is 419 g/mol. The van der Waals surface area contributed by atoms with Crippen LogP contribution in [0.5, 0.6) is 0 Å². The minimum atomic E-state index is -1.18. The monoisotopic (exact) mass is 418 g/mol. The molecule has 8 nitrogen and oxygen atoms in total. The van der Waals surface area contributed by atoms with E-state index in [1.54, 1.807) is 23.9 Å². The molecule has 1 fully saturated rings. The van der Waals surface area contributed by atoms with Crippen LogP contribution in [0.25, 0.3) is 11.2 Å². The first-order valence-electron chi connectivity index (χ1n) is 10.1. The molecule has 0 saturated heterocycles. The second kappa shape index (κ2) is 8.62. The molecule has 1 amide bonds. The SMILES string of the molecule is CC(CC(=O)O)NC(=O)c1cn(COCC[Si](C)(C)C)c2ncc(C3CC3)nc12. The number of nitrogens with one attached hydrogen (secondary N) is 1. The third kappa shape index (κ3) is 5.86. The first-order valence-corrected chi connectivity index (χ1v) is 13.8. The largest absolute Gasteiger partial charge is 0.481 e. The van der Waals surface area contributed by atoms with Crippen molar-refractivity contribution in [3.8, 4) is 0 Å². The number of ether oxygens (including phenoxy) is 1. The summed E-state index contributed by atoms with van der Waals surface area (Å²) in [6, 6.07) is 0.579. The highest BCUT2D eigenvalue weighted by Crippen LogP contribution is 2.39. The van der Waals surface area contributed by atoms with Gasteiger partial charge in [0.2, 0.25) is 0 Å². The van der Waals surface area contributed by atoms with Crippen LogP contribution in [-0.4, -0.2) is 52.2 Å². The summed E-state index contributed by atoms with van der Waals surface area (Å²) in [5, 5.41) is 11.7. The van der Waals surface area contributed by atoms with Crippen LogP contribution < -0.4 is 5.32 Å². The van der Waals surface area contributed by atoms with E-state index in [1.807, 2.05) is 0 Å². The molecule has 2 heterocycles. The molecule has 1 saturated carbocycles. The fourth-order valence-electron chi connectivity index (χ4n) is 3.06. The molecule has 0 spiro atoms. The van der Waals surface area contributed by atoms with Gasteiger partial charge in [-0.15, -0.1) is 0 Å². The van der Waals surface area contributed by atoms with Crippen molar-refractivity contribution in [3.63, 3.8) is 0 Å². The molecule has 0 radical (unpaired) electrons. The Morgan fingerprint density at radius 1 is 1.38 bits per heavy atom. The van der Waals surface area contributed by atoms with Crippen molar-refractivity contribution in [1.82, 2.24) is 19.9 Å². The fourth-order valence-corrected chi connectivity index (χ4v) is 3.82. The lowest BCUT2D eigenvalue weighted by molar-refractivity contribution is -0.137. The van der Waals surface area contributed by atoms with Crippen molar-refractivity contribution < 1.29 is 19.4 Å². The van der Waals surface area contributed by atoms with Crippen molar-refractivity contribution >= 4 is 31.1 Å². The number of hydrogen-bond donors (Lipinski definition) is 2. The molecule has 9 heteroatoms. The molecule has 1 aliphatic carbocycles. The predicted octanol–water partition coefficient (Wildman–Crippen LogP) is 3.21. The van der Waals surface area contributed by atoms with Gasteiger partial charge in [0.15, 0.2) is 5.65 Å². The van der Waals surface area contributed by atoms with Gasteiger partial charge in [-0.2, -0.15) is 0 Å². The van der Waals surface area contributed by atoms with Gasteiger partial charge in [0, 0.05) is 32.8 Å². The van der Waals surface area contributed by atoms with E-state index in [-0.39, 0.29) is 12.3 Å². The normalized spacial score (nSPS) is 15.4. The molecule has 0 aromatic carbocycles. The lowest BCUT2D eigenvalue weighted by Gasteiger charge is -2.15. The number of aliphatic carboxylic acids is 1. The zero-order valence-electron chi connectivity index (χ0n) is 17.6. The Bertz CT molecular complexity index is 902. The van der Waals surface area contributed by atoms with E-state index in [2.05, 4.69) is 29.9 Å². The van der Waals surface area contributed by atoms with Crippen molar-refractivity contribution in [1.29, 1.82) is 0 Å². The van der Waals surface area contributed by atoms with E-state index in [9.17, 15) is 9.59 Å². The lowest BCUT2D eigenvalue weighted by atomic mass is 10.2. The maximum Gasteiger partial charge on any atom is 0.305 e. The Kier molecular flexibility index (Phi) is 6.38. The lowest BCUT2D eigenvalue weighted by Crippen LogP contribution is -2.34. The summed E-state index contributed by atoms with van der Waals surface area (Å²) in [5.74, 6) is -0.872. The molecule has 158 valence electrons. The molecule has 2 aromatic rings. The van der Waals surface area contributed by atoms with Crippen molar-refractivity contribution in [3.05, 3.63) is 23.7 Å². The van der Waals surface area contributed by atoms with Crippen molar-refractivity contribution in [2.75, 3.05) is 6.61 Å². The minimum Gasteiger partial charge on any atom is -0.481 e. The van der Waals surface area contributed by atoms with Gasteiger partial charge in [-0.1, -0.05) is 19.6 Å². The van der Waals surface area contributed by atoms with Gasteiger partial charge < -0.3 is 19.7 Å². The number of hydrogen-bond acceptors (Lipinski definition) is 5. The van der Waals surface area contributed by atoms with E-state index < -0.39 is 20.1 Å². The number of carboxylic acid groups (broad SMARTS) is 1. The Balaban J connectivity index is 1.81. The second-order valence-electron chi connectivity index (χ2n) is 9.07. The highest BCUT2D eigenvalue weighted by Gasteiger charge is 2.27. The first-order chi connectivity index (χ1) is 13.6. The summed E-state index contributed by atoms with van der Waals surface area (Å²) in [6.07, 6.45) is 5.55. The van der Waals surface area contributed by atoms with Gasteiger partial charge >= 0.3 is 5.97 Å². The molecule has 1 unspecified atom stereocenters. The van der Waals surface area contributed by atoms with Gasteiger partial charge in [-0.3, -0.25) is 9.59 Å². The third-order valence-electron chi connectivity index (χ3n) is 4.91. The molecule has 29 heavy (non-hydrogen) atoms. The fraction of sp³-hybridized carbons (Fsp3) is 0.600. The van der Waals surface area contributed by atoms with E-state index >= 15 is 0 Å². The highest BCUT2D eigenvalue weighted by molar-refractivity contribution is 6.76. The van der Waals surface area contributed by atoms with Crippen molar-refractivity contribution in [2.45, 2.75) is 70.6 Å². The summed E-state index contributed by atoms with van der Waals surface area (Å²) in [7, 11) is -1.18. The number of rotatable bonds is 10.